The highest BCUT2D eigenvalue weighted by Crippen LogP contribution is 2.32. The lowest BCUT2D eigenvalue weighted by Gasteiger charge is -2.13. The lowest BCUT2D eigenvalue weighted by Crippen LogP contribution is -2.10. The van der Waals surface area contributed by atoms with E-state index < -0.39 is 0 Å². The highest BCUT2D eigenvalue weighted by molar-refractivity contribution is 7.16. The van der Waals surface area contributed by atoms with Crippen LogP contribution >= 0.6 is 11.3 Å². The van der Waals surface area contributed by atoms with Gasteiger partial charge in [-0.25, -0.2) is 4.98 Å². The average Bonchev–Trinajstić information content (AvgIpc) is 2.45. The number of nitrogens with zero attached hydrogens (tertiary/aromatic N) is 2. The number of rotatable bonds is 1. The Labute approximate surface area is 82.4 Å². The van der Waals surface area contributed by atoms with Crippen molar-refractivity contribution in [3.8, 4) is 6.07 Å². The van der Waals surface area contributed by atoms with Crippen LogP contribution in [-0.4, -0.2) is 12.0 Å². The largest absolute Gasteiger partial charge is 0.378 e. The first-order chi connectivity index (χ1) is 5.99. The molecule has 0 saturated heterocycles. The van der Waals surface area contributed by atoms with E-state index in [0.717, 1.165) is 10.0 Å². The number of hydrogen-bond donors (Lipinski definition) is 1. The molecule has 1 heterocycles. The van der Waals surface area contributed by atoms with Gasteiger partial charge in [0.25, 0.3) is 0 Å². The molecule has 70 valence electrons. The van der Waals surface area contributed by atoms with E-state index in [2.05, 4.69) is 37.1 Å². The second-order valence-corrected chi connectivity index (χ2v) is 4.81. The Morgan fingerprint density at radius 1 is 1.46 bits per heavy atom. The molecule has 4 heteroatoms. The lowest BCUT2D eigenvalue weighted by atomic mass is 9.98. The van der Waals surface area contributed by atoms with Crippen molar-refractivity contribution in [3.63, 3.8) is 0 Å². The second-order valence-electron chi connectivity index (χ2n) is 3.81. The van der Waals surface area contributed by atoms with E-state index in [4.69, 9.17) is 5.26 Å². The normalized spacial score (nSPS) is 11.0. The summed E-state index contributed by atoms with van der Waals surface area (Å²) in [4.78, 5) is 4.27. The maximum atomic E-state index is 8.78. The van der Waals surface area contributed by atoms with Crippen molar-refractivity contribution in [1.82, 2.24) is 4.98 Å². The van der Waals surface area contributed by atoms with Crippen LogP contribution in [0, 0.1) is 11.3 Å². The Hall–Kier alpha value is -1.08. The Morgan fingerprint density at radius 3 is 2.38 bits per heavy atom. The molecule has 0 aliphatic rings. The van der Waals surface area contributed by atoms with Crippen LogP contribution in [0.3, 0.4) is 0 Å². The Bertz CT molecular complexity index is 341. The van der Waals surface area contributed by atoms with Crippen LogP contribution in [0.15, 0.2) is 0 Å². The Kier molecular flexibility index (Phi) is 2.58. The summed E-state index contributed by atoms with van der Waals surface area (Å²) in [5.41, 5.74) is 0.517. The number of nitriles is 1. The van der Waals surface area contributed by atoms with E-state index in [1.807, 2.05) is 0 Å². The molecule has 0 radical (unpaired) electrons. The van der Waals surface area contributed by atoms with Crippen LogP contribution in [0.2, 0.25) is 0 Å². The molecule has 1 aromatic rings. The average molecular weight is 195 g/mol. The van der Waals surface area contributed by atoms with Gasteiger partial charge in [-0.3, -0.25) is 0 Å². The third-order valence-electron chi connectivity index (χ3n) is 1.60. The summed E-state index contributed by atoms with van der Waals surface area (Å²) in [6, 6.07) is 2.08. The molecule has 1 aromatic heterocycles. The summed E-state index contributed by atoms with van der Waals surface area (Å²) >= 11 is 1.55. The molecule has 1 N–H and O–H groups in total. The fourth-order valence-corrected chi connectivity index (χ4v) is 1.81. The van der Waals surface area contributed by atoms with Gasteiger partial charge in [-0.1, -0.05) is 32.1 Å². The maximum absolute atomic E-state index is 8.78. The summed E-state index contributed by atoms with van der Waals surface area (Å²) in [6.45, 7) is 6.27. The van der Waals surface area contributed by atoms with Gasteiger partial charge < -0.3 is 5.32 Å². The number of nitrogens with one attached hydrogen (secondary N) is 1. The first kappa shape index (κ1) is 10.0. The molecule has 13 heavy (non-hydrogen) atoms. The Balaban J connectivity index is 3.16. The van der Waals surface area contributed by atoms with E-state index in [1.165, 1.54) is 0 Å². The van der Waals surface area contributed by atoms with E-state index in [9.17, 15) is 0 Å². The summed E-state index contributed by atoms with van der Waals surface area (Å²) < 4.78 is 0. The highest BCUT2D eigenvalue weighted by Gasteiger charge is 2.20. The molecule has 0 saturated carbocycles. The summed E-state index contributed by atoms with van der Waals surface area (Å²) in [5.74, 6) is 0. The minimum Gasteiger partial charge on any atom is -0.378 e. The van der Waals surface area contributed by atoms with Crippen molar-refractivity contribution in [2.45, 2.75) is 26.2 Å². The minimum absolute atomic E-state index is 0.0192. The van der Waals surface area contributed by atoms with Gasteiger partial charge in [-0.15, -0.1) is 0 Å². The monoisotopic (exact) mass is 195 g/mol. The van der Waals surface area contributed by atoms with Gasteiger partial charge in [-0.05, 0) is 0 Å². The standard InChI is InChI=1S/C9H13N3S/c1-9(2,3)8-12-6(5-10)7(11-4)13-8/h11H,1-4H3. The van der Waals surface area contributed by atoms with Crippen LogP contribution in [-0.2, 0) is 5.41 Å². The van der Waals surface area contributed by atoms with E-state index >= 15 is 0 Å². The third kappa shape index (κ3) is 1.99. The topological polar surface area (TPSA) is 48.7 Å². The molecule has 0 spiro atoms. The van der Waals surface area contributed by atoms with Gasteiger partial charge in [0.2, 0.25) is 0 Å². The van der Waals surface area contributed by atoms with Crippen molar-refractivity contribution in [3.05, 3.63) is 10.7 Å². The molecule has 0 aromatic carbocycles. The molecule has 0 fully saturated rings. The van der Waals surface area contributed by atoms with Crippen LogP contribution in [0.5, 0.6) is 0 Å². The predicted octanol–water partition coefficient (Wildman–Crippen LogP) is 2.35. The van der Waals surface area contributed by atoms with Crippen LogP contribution in [0.4, 0.5) is 5.00 Å². The van der Waals surface area contributed by atoms with Crippen molar-refractivity contribution in [2.24, 2.45) is 0 Å². The molecule has 0 unspecified atom stereocenters. The molecule has 0 aliphatic heterocycles. The SMILES string of the molecule is CNc1sc(C(C)(C)C)nc1C#N. The minimum atomic E-state index is 0.0192. The van der Waals surface area contributed by atoms with Gasteiger partial charge in [0.1, 0.15) is 16.1 Å². The summed E-state index contributed by atoms with van der Waals surface area (Å²) in [7, 11) is 1.81. The van der Waals surface area contributed by atoms with Gasteiger partial charge >= 0.3 is 0 Å². The number of thiazole rings is 1. The van der Waals surface area contributed by atoms with Crippen LogP contribution in [0.1, 0.15) is 31.5 Å². The van der Waals surface area contributed by atoms with Crippen molar-refractivity contribution < 1.29 is 0 Å². The van der Waals surface area contributed by atoms with Gasteiger partial charge in [0, 0.05) is 12.5 Å². The van der Waals surface area contributed by atoms with E-state index in [1.54, 1.807) is 18.4 Å². The number of hydrogen-bond acceptors (Lipinski definition) is 4. The maximum Gasteiger partial charge on any atom is 0.175 e. The second kappa shape index (κ2) is 3.35. The van der Waals surface area contributed by atoms with Gasteiger partial charge in [0.15, 0.2) is 5.69 Å². The molecule has 1 rings (SSSR count). The molecular weight excluding hydrogens is 182 g/mol. The van der Waals surface area contributed by atoms with Gasteiger partial charge in [0.05, 0.1) is 0 Å². The fourth-order valence-electron chi connectivity index (χ4n) is 0.886. The van der Waals surface area contributed by atoms with Crippen molar-refractivity contribution in [1.29, 1.82) is 5.26 Å². The molecule has 0 atom stereocenters. The quantitative estimate of drug-likeness (QED) is 0.748. The smallest absolute Gasteiger partial charge is 0.175 e. The fraction of sp³-hybridized carbons (Fsp3) is 0.556. The van der Waals surface area contributed by atoms with E-state index in [-0.39, 0.29) is 5.41 Å². The molecule has 0 bridgehead atoms. The van der Waals surface area contributed by atoms with Gasteiger partial charge in [-0.2, -0.15) is 5.26 Å². The van der Waals surface area contributed by atoms with Crippen LogP contribution in [0.25, 0.3) is 0 Å². The molecular formula is C9H13N3S. The molecule has 3 nitrogen and oxygen atoms in total. The first-order valence-corrected chi connectivity index (χ1v) is 4.90. The molecule has 0 aliphatic carbocycles. The highest BCUT2D eigenvalue weighted by atomic mass is 32.1. The van der Waals surface area contributed by atoms with Crippen molar-refractivity contribution in [2.75, 3.05) is 12.4 Å². The zero-order valence-electron chi connectivity index (χ0n) is 8.30. The molecule has 0 amide bonds. The first-order valence-electron chi connectivity index (χ1n) is 4.08. The summed E-state index contributed by atoms with van der Waals surface area (Å²) in [5, 5.41) is 13.6. The zero-order chi connectivity index (χ0) is 10.1. The number of anilines is 1. The number of aromatic nitrogens is 1. The van der Waals surface area contributed by atoms with E-state index in [0.29, 0.717) is 5.69 Å². The van der Waals surface area contributed by atoms with Crippen molar-refractivity contribution >= 4 is 16.3 Å². The van der Waals surface area contributed by atoms with Crippen LogP contribution < -0.4 is 5.32 Å². The third-order valence-corrected chi connectivity index (χ3v) is 3.10. The summed E-state index contributed by atoms with van der Waals surface area (Å²) in [6.07, 6.45) is 0. The lowest BCUT2D eigenvalue weighted by molar-refractivity contribution is 0.585. The zero-order valence-corrected chi connectivity index (χ0v) is 9.12. The Morgan fingerprint density at radius 2 is 2.08 bits per heavy atom. The predicted molar refractivity (Wildman–Crippen MR) is 55.1 cm³/mol.